The molecular weight excluding hydrogens is 530 g/mol. The third-order valence-electron chi connectivity index (χ3n) is 5.25. The molecule has 1 fully saturated rings. The number of aromatic nitrogens is 5. The van der Waals surface area contributed by atoms with Crippen LogP contribution in [0.5, 0.6) is 0 Å². The SMILES string of the molecule is COC(Sc1nnnn1C)C1=C(C(=O)O)N2C(=O)[C@@H](NC(=S)C(C)c3o[nH]c(=O)c3Cl)[C@@H]2SC1. The van der Waals surface area contributed by atoms with Crippen LogP contribution in [-0.4, -0.2) is 81.9 Å². The lowest BCUT2D eigenvalue weighted by Crippen LogP contribution is -2.70. The summed E-state index contributed by atoms with van der Waals surface area (Å²) in [5.74, 6) is -1.84. The van der Waals surface area contributed by atoms with Gasteiger partial charge < -0.3 is 19.7 Å². The zero-order valence-electron chi connectivity index (χ0n) is 17.8. The van der Waals surface area contributed by atoms with Gasteiger partial charge in [-0.1, -0.05) is 23.8 Å². The summed E-state index contributed by atoms with van der Waals surface area (Å²) in [6, 6.07) is -0.753. The van der Waals surface area contributed by atoms with Crippen molar-refractivity contribution in [2.45, 2.75) is 34.8 Å². The number of carbonyl (C=O) groups excluding carboxylic acids is 1. The number of tetrazole rings is 1. The third kappa shape index (κ3) is 4.24. The Morgan fingerprint density at radius 3 is 2.79 bits per heavy atom. The molecule has 0 spiro atoms. The number of fused-ring (bicyclic) bond motifs is 1. The molecule has 2 unspecified atom stereocenters. The van der Waals surface area contributed by atoms with Gasteiger partial charge in [0.05, 0.1) is 10.9 Å². The monoisotopic (exact) mass is 547 g/mol. The molecule has 17 heteroatoms. The van der Waals surface area contributed by atoms with Crippen molar-refractivity contribution < 1.29 is 24.0 Å². The van der Waals surface area contributed by atoms with Crippen LogP contribution < -0.4 is 10.9 Å². The van der Waals surface area contributed by atoms with E-state index in [1.807, 2.05) is 0 Å². The number of nitrogens with one attached hydrogen (secondary N) is 2. The van der Waals surface area contributed by atoms with Crippen molar-refractivity contribution in [3.05, 3.63) is 32.4 Å². The van der Waals surface area contributed by atoms with E-state index in [2.05, 4.69) is 26.0 Å². The number of carbonyl (C=O) groups is 2. The number of halogens is 1. The predicted octanol–water partition coefficient (Wildman–Crippen LogP) is 0.552. The Balaban J connectivity index is 1.53. The number of aliphatic carboxylic acids is 1. The van der Waals surface area contributed by atoms with Gasteiger partial charge in [0.15, 0.2) is 5.76 Å². The van der Waals surface area contributed by atoms with Gasteiger partial charge in [0.25, 0.3) is 11.5 Å². The summed E-state index contributed by atoms with van der Waals surface area (Å²) in [5, 5.41) is 26.1. The molecule has 34 heavy (non-hydrogen) atoms. The fourth-order valence-electron chi connectivity index (χ4n) is 3.48. The van der Waals surface area contributed by atoms with E-state index >= 15 is 0 Å². The van der Waals surface area contributed by atoms with E-state index in [0.717, 1.165) is 11.8 Å². The first-order valence-corrected chi connectivity index (χ1v) is 12.4. The molecule has 2 aromatic rings. The topological polar surface area (TPSA) is 168 Å². The molecule has 2 aliphatic rings. The number of carboxylic acid groups (broad SMARTS) is 1. The number of rotatable bonds is 8. The van der Waals surface area contributed by atoms with Crippen molar-refractivity contribution in [2.24, 2.45) is 7.05 Å². The Morgan fingerprint density at radius 2 is 2.24 bits per heavy atom. The van der Waals surface area contributed by atoms with Crippen molar-refractivity contribution in [3.8, 4) is 0 Å². The lowest BCUT2D eigenvalue weighted by atomic mass is 10.0. The highest BCUT2D eigenvalue weighted by molar-refractivity contribution is 8.01. The number of aryl methyl sites for hydroxylation is 1. The minimum Gasteiger partial charge on any atom is -0.477 e. The molecule has 0 bridgehead atoms. The van der Waals surface area contributed by atoms with E-state index in [-0.39, 0.29) is 21.5 Å². The number of β-lactam (4-membered cyclic amide) rings is 1. The summed E-state index contributed by atoms with van der Waals surface area (Å²) < 4.78 is 12.0. The maximum atomic E-state index is 13.0. The molecule has 4 atom stereocenters. The van der Waals surface area contributed by atoms with Crippen LogP contribution in [0.4, 0.5) is 0 Å². The molecule has 0 aromatic carbocycles. The van der Waals surface area contributed by atoms with Gasteiger partial charge in [0, 0.05) is 25.5 Å². The maximum Gasteiger partial charge on any atom is 0.352 e. The highest BCUT2D eigenvalue weighted by Gasteiger charge is 2.55. The first kappa shape index (κ1) is 24.7. The second kappa shape index (κ2) is 9.69. The Kier molecular flexibility index (Phi) is 7.04. The van der Waals surface area contributed by atoms with Gasteiger partial charge in [-0.2, -0.15) is 5.16 Å². The summed E-state index contributed by atoms with van der Waals surface area (Å²) in [7, 11) is 3.09. The van der Waals surface area contributed by atoms with E-state index in [1.165, 1.54) is 28.5 Å². The van der Waals surface area contributed by atoms with Gasteiger partial charge in [-0.05, 0) is 29.1 Å². The minimum absolute atomic E-state index is 0.118. The molecular formula is C17H18ClN7O6S3. The quantitative estimate of drug-likeness (QED) is 0.181. The van der Waals surface area contributed by atoms with Crippen molar-refractivity contribution in [1.29, 1.82) is 0 Å². The van der Waals surface area contributed by atoms with Crippen LogP contribution in [0.3, 0.4) is 0 Å². The largest absolute Gasteiger partial charge is 0.477 e. The molecule has 2 aliphatic heterocycles. The van der Waals surface area contributed by atoms with Crippen LogP contribution in [0.25, 0.3) is 0 Å². The van der Waals surface area contributed by atoms with E-state index < -0.39 is 40.2 Å². The number of hydrogen-bond acceptors (Lipinski definition) is 11. The van der Waals surface area contributed by atoms with Crippen molar-refractivity contribution in [1.82, 2.24) is 35.6 Å². The molecule has 1 saturated heterocycles. The molecule has 2 aromatic heterocycles. The predicted molar refractivity (Wildman–Crippen MR) is 125 cm³/mol. The van der Waals surface area contributed by atoms with Gasteiger partial charge in [0.1, 0.15) is 27.6 Å². The van der Waals surface area contributed by atoms with Gasteiger partial charge in [-0.3, -0.25) is 14.5 Å². The number of H-pyrrole nitrogens is 1. The summed E-state index contributed by atoms with van der Waals surface area (Å²) in [5.41, 5.74) is -1.01. The van der Waals surface area contributed by atoms with Crippen molar-refractivity contribution >= 4 is 64.2 Å². The van der Waals surface area contributed by atoms with Crippen molar-refractivity contribution in [3.63, 3.8) is 0 Å². The van der Waals surface area contributed by atoms with Crippen LogP contribution in [0, 0.1) is 0 Å². The van der Waals surface area contributed by atoms with Crippen LogP contribution >= 0.6 is 47.3 Å². The van der Waals surface area contributed by atoms with E-state index in [4.69, 9.17) is 33.1 Å². The van der Waals surface area contributed by atoms with Gasteiger partial charge in [0.2, 0.25) is 5.16 Å². The van der Waals surface area contributed by atoms with E-state index in [1.54, 1.807) is 14.0 Å². The Hall–Kier alpha value is -2.40. The summed E-state index contributed by atoms with van der Waals surface area (Å²) >= 11 is 13.9. The number of amides is 1. The Labute approximate surface area is 210 Å². The zero-order valence-corrected chi connectivity index (χ0v) is 21.0. The van der Waals surface area contributed by atoms with Crippen LogP contribution in [0.1, 0.15) is 18.6 Å². The fourth-order valence-corrected chi connectivity index (χ4v) is 6.33. The molecule has 1 amide bonds. The average molecular weight is 548 g/mol. The Bertz CT molecular complexity index is 1240. The molecule has 0 radical (unpaired) electrons. The number of ether oxygens (including phenoxy) is 1. The van der Waals surface area contributed by atoms with Gasteiger partial charge in [-0.25, -0.2) is 9.48 Å². The molecule has 4 heterocycles. The number of thiocarbonyl (C=S) groups is 1. The Morgan fingerprint density at radius 1 is 1.50 bits per heavy atom. The average Bonchev–Trinajstić information content (AvgIpc) is 3.38. The van der Waals surface area contributed by atoms with Gasteiger partial charge in [-0.15, -0.1) is 16.9 Å². The minimum atomic E-state index is -1.25. The van der Waals surface area contributed by atoms with E-state index in [0.29, 0.717) is 16.5 Å². The van der Waals surface area contributed by atoms with Gasteiger partial charge >= 0.3 is 5.97 Å². The highest BCUT2D eigenvalue weighted by atomic mass is 35.5. The number of aromatic amines is 1. The lowest BCUT2D eigenvalue weighted by Gasteiger charge is -2.50. The van der Waals surface area contributed by atoms with Crippen molar-refractivity contribution in [2.75, 3.05) is 12.9 Å². The molecule has 13 nitrogen and oxygen atoms in total. The van der Waals surface area contributed by atoms with Crippen LogP contribution in [-0.2, 0) is 21.4 Å². The molecule has 0 saturated carbocycles. The second-order valence-corrected chi connectivity index (χ2v) is 10.2. The number of thioether (sulfide) groups is 2. The van der Waals surface area contributed by atoms with E-state index in [9.17, 15) is 19.5 Å². The molecule has 182 valence electrons. The molecule has 4 rings (SSSR count). The number of carboxylic acids is 1. The summed E-state index contributed by atoms with van der Waals surface area (Å²) in [4.78, 5) is 38.2. The summed E-state index contributed by atoms with van der Waals surface area (Å²) in [6.45, 7) is 1.67. The summed E-state index contributed by atoms with van der Waals surface area (Å²) in [6.07, 6.45) is 0. The lowest BCUT2D eigenvalue weighted by molar-refractivity contribution is -0.148. The molecule has 3 N–H and O–H groups in total. The zero-order chi connectivity index (χ0) is 24.7. The highest BCUT2D eigenvalue weighted by Crippen LogP contribution is 2.44. The number of methoxy groups -OCH3 is 1. The smallest absolute Gasteiger partial charge is 0.352 e. The van der Waals surface area contributed by atoms with Crippen LogP contribution in [0.2, 0.25) is 5.02 Å². The molecule has 0 aliphatic carbocycles. The maximum absolute atomic E-state index is 13.0. The van der Waals surface area contributed by atoms with Crippen LogP contribution in [0.15, 0.2) is 25.7 Å². The standard InChI is InChI=1S/C17H18ClN7O6S3/c1-5(10-7(18)11(26)21-31-10)12(32)19-8-13(27)25-9(15(28)29)6(4-33-14(8)25)16(30-3)34-17-20-22-23-24(17)2/h5,8,14,16H,4H2,1-3H3,(H,19,32)(H,21,26)(H,28,29)/t5?,8-,14+,16?/m1/s1. The number of nitrogens with zero attached hydrogens (tertiary/aromatic N) is 5. The fraction of sp³-hybridized carbons (Fsp3) is 0.471. The normalized spacial score (nSPS) is 21.6. The first-order chi connectivity index (χ1) is 16.1. The third-order valence-corrected chi connectivity index (χ3v) is 8.63. The number of hydrogen-bond donors (Lipinski definition) is 3. The second-order valence-electron chi connectivity index (χ2n) is 7.28. The first-order valence-electron chi connectivity index (χ1n) is 9.65.